The largest absolute Gasteiger partial charge is 0.507 e. The molecule has 2 aromatic rings. The Morgan fingerprint density at radius 3 is 1.50 bits per heavy atom. The van der Waals surface area contributed by atoms with Crippen LogP contribution in [0, 0.1) is 0 Å². The van der Waals surface area contributed by atoms with Crippen molar-refractivity contribution in [2.24, 2.45) is 0 Å². The van der Waals surface area contributed by atoms with Gasteiger partial charge in [0.2, 0.25) is 0 Å². The molecule has 2 N–H and O–H groups in total. The summed E-state index contributed by atoms with van der Waals surface area (Å²) in [6.45, 7) is 0. The first kappa shape index (κ1) is 15.6. The summed E-state index contributed by atoms with van der Waals surface area (Å²) in [7, 11) is 0. The molecule has 0 spiro atoms. The number of phenols is 2. The number of hydrogen-bond acceptors (Lipinski definition) is 4. The maximum Gasteiger partial charge on any atom is 0.129 e. The second-order valence-corrected chi connectivity index (χ2v) is 8.09. The quantitative estimate of drug-likeness (QED) is 0.798. The van der Waals surface area contributed by atoms with E-state index in [1.807, 2.05) is 36.4 Å². The van der Waals surface area contributed by atoms with E-state index < -0.39 is 0 Å². The highest BCUT2D eigenvalue weighted by molar-refractivity contribution is 8.04. The van der Waals surface area contributed by atoms with E-state index in [0.29, 0.717) is 22.0 Å². The number of phenolic OH excluding ortho intramolecular Hbond substituents is 2. The summed E-state index contributed by atoms with van der Waals surface area (Å²) in [6.07, 6.45) is 4.79. The van der Waals surface area contributed by atoms with Crippen molar-refractivity contribution in [3.63, 3.8) is 0 Å². The standard InChI is InChI=1S/C18H20O2S2/c19-13-7-1-3-9-15(13)21-17-11-5-6-12-18(17)22-16-10-4-2-8-14(16)20/h1-4,7-10,17-20H,5-6,11-12H2/t17-,18-/m1/s1. The SMILES string of the molecule is Oc1ccccc1S[C@@H]1CCCC[C@H]1Sc1ccccc1O. The molecule has 0 bridgehead atoms. The molecular weight excluding hydrogens is 312 g/mol. The Hall–Kier alpha value is -1.26. The molecule has 0 unspecified atom stereocenters. The Balaban J connectivity index is 1.74. The third kappa shape index (κ3) is 3.73. The highest BCUT2D eigenvalue weighted by atomic mass is 32.2. The van der Waals surface area contributed by atoms with Crippen molar-refractivity contribution < 1.29 is 10.2 Å². The fraction of sp³-hybridized carbons (Fsp3) is 0.333. The lowest BCUT2D eigenvalue weighted by Gasteiger charge is -2.31. The van der Waals surface area contributed by atoms with Gasteiger partial charge in [0, 0.05) is 20.3 Å². The van der Waals surface area contributed by atoms with Gasteiger partial charge in [-0.15, -0.1) is 23.5 Å². The molecule has 22 heavy (non-hydrogen) atoms. The van der Waals surface area contributed by atoms with Gasteiger partial charge in [-0.1, -0.05) is 37.1 Å². The summed E-state index contributed by atoms with van der Waals surface area (Å²) in [6, 6.07) is 15.1. The van der Waals surface area contributed by atoms with E-state index >= 15 is 0 Å². The van der Waals surface area contributed by atoms with Gasteiger partial charge in [0.25, 0.3) is 0 Å². The van der Waals surface area contributed by atoms with Gasteiger partial charge in [0.05, 0.1) is 0 Å². The highest BCUT2D eigenvalue weighted by Gasteiger charge is 2.28. The van der Waals surface area contributed by atoms with Gasteiger partial charge in [-0.3, -0.25) is 0 Å². The van der Waals surface area contributed by atoms with Gasteiger partial charge in [-0.05, 0) is 37.1 Å². The van der Waals surface area contributed by atoms with E-state index in [-0.39, 0.29) is 0 Å². The second kappa shape index (κ2) is 7.34. The Bertz CT molecular complexity index is 574. The monoisotopic (exact) mass is 332 g/mol. The molecule has 1 saturated carbocycles. The molecular formula is C18H20O2S2. The summed E-state index contributed by atoms with van der Waals surface area (Å²) >= 11 is 3.54. The van der Waals surface area contributed by atoms with Gasteiger partial charge in [0.1, 0.15) is 11.5 Å². The molecule has 2 aromatic carbocycles. The van der Waals surface area contributed by atoms with E-state index in [1.54, 1.807) is 35.7 Å². The summed E-state index contributed by atoms with van der Waals surface area (Å²) in [4.78, 5) is 1.91. The topological polar surface area (TPSA) is 40.5 Å². The fourth-order valence-electron chi connectivity index (χ4n) is 2.77. The van der Waals surface area contributed by atoms with Crippen LogP contribution >= 0.6 is 23.5 Å². The molecule has 0 saturated heterocycles. The Labute approximate surface area is 140 Å². The molecule has 0 radical (unpaired) electrons. The molecule has 3 rings (SSSR count). The zero-order chi connectivity index (χ0) is 15.4. The Morgan fingerprint density at radius 1 is 0.682 bits per heavy atom. The van der Waals surface area contributed by atoms with Gasteiger partial charge in [0.15, 0.2) is 0 Å². The van der Waals surface area contributed by atoms with Crippen LogP contribution < -0.4 is 0 Å². The average Bonchev–Trinajstić information content (AvgIpc) is 2.53. The van der Waals surface area contributed by atoms with Crippen molar-refractivity contribution in [3.05, 3.63) is 48.5 Å². The molecule has 0 aliphatic heterocycles. The number of benzene rings is 2. The maximum absolute atomic E-state index is 9.99. The lowest BCUT2D eigenvalue weighted by atomic mass is 10.00. The van der Waals surface area contributed by atoms with Crippen molar-refractivity contribution in [3.8, 4) is 11.5 Å². The molecule has 2 nitrogen and oxygen atoms in total. The Morgan fingerprint density at radius 2 is 1.09 bits per heavy atom. The van der Waals surface area contributed by atoms with Gasteiger partial charge >= 0.3 is 0 Å². The summed E-state index contributed by atoms with van der Waals surface area (Å²) in [5.74, 6) is 0.730. The third-order valence-corrected chi connectivity index (χ3v) is 7.03. The minimum absolute atomic E-state index is 0.365. The van der Waals surface area contributed by atoms with E-state index in [2.05, 4.69) is 0 Å². The first-order valence-corrected chi connectivity index (χ1v) is 9.39. The molecule has 1 aliphatic rings. The number of thioether (sulfide) groups is 2. The summed E-state index contributed by atoms with van der Waals surface area (Å²) < 4.78 is 0. The lowest BCUT2D eigenvalue weighted by molar-refractivity contribution is 0.460. The minimum atomic E-state index is 0.365. The highest BCUT2D eigenvalue weighted by Crippen LogP contribution is 2.45. The smallest absolute Gasteiger partial charge is 0.129 e. The van der Waals surface area contributed by atoms with Crippen LogP contribution in [0.15, 0.2) is 58.3 Å². The third-order valence-electron chi connectivity index (χ3n) is 3.93. The van der Waals surface area contributed by atoms with E-state index in [4.69, 9.17) is 0 Å². The molecule has 1 aliphatic carbocycles. The van der Waals surface area contributed by atoms with E-state index in [0.717, 1.165) is 22.6 Å². The normalized spacial score (nSPS) is 21.6. The van der Waals surface area contributed by atoms with Crippen LogP contribution in [-0.2, 0) is 0 Å². The van der Waals surface area contributed by atoms with Gasteiger partial charge in [-0.2, -0.15) is 0 Å². The number of aromatic hydroxyl groups is 2. The fourth-order valence-corrected chi connectivity index (χ4v) is 5.59. The van der Waals surface area contributed by atoms with Crippen molar-refractivity contribution in [2.45, 2.75) is 46.0 Å². The number of rotatable bonds is 4. The van der Waals surface area contributed by atoms with Crippen molar-refractivity contribution in [1.82, 2.24) is 0 Å². The molecule has 2 atom stereocenters. The van der Waals surface area contributed by atoms with Crippen LogP contribution in [0.3, 0.4) is 0 Å². The zero-order valence-electron chi connectivity index (χ0n) is 12.3. The molecule has 116 valence electrons. The molecule has 4 heteroatoms. The summed E-state index contributed by atoms with van der Waals surface area (Å²) in [5.41, 5.74) is 0. The lowest BCUT2D eigenvalue weighted by Crippen LogP contribution is -2.24. The van der Waals surface area contributed by atoms with Crippen LogP contribution in [-0.4, -0.2) is 20.7 Å². The number of hydrogen-bond donors (Lipinski definition) is 2. The minimum Gasteiger partial charge on any atom is -0.507 e. The second-order valence-electron chi connectivity index (χ2n) is 5.53. The molecule has 1 fully saturated rings. The first-order valence-electron chi connectivity index (χ1n) is 7.63. The van der Waals surface area contributed by atoms with Crippen molar-refractivity contribution >= 4 is 23.5 Å². The van der Waals surface area contributed by atoms with Crippen molar-refractivity contribution in [1.29, 1.82) is 0 Å². The van der Waals surface area contributed by atoms with Crippen LogP contribution in [0.1, 0.15) is 25.7 Å². The maximum atomic E-state index is 9.99. The summed E-state index contributed by atoms with van der Waals surface area (Å²) in [5, 5.41) is 20.9. The van der Waals surface area contributed by atoms with Gasteiger partial charge in [-0.25, -0.2) is 0 Å². The van der Waals surface area contributed by atoms with Crippen LogP contribution in [0.25, 0.3) is 0 Å². The van der Waals surface area contributed by atoms with Crippen LogP contribution in [0.5, 0.6) is 11.5 Å². The van der Waals surface area contributed by atoms with Crippen LogP contribution in [0.4, 0.5) is 0 Å². The van der Waals surface area contributed by atoms with E-state index in [9.17, 15) is 10.2 Å². The van der Waals surface area contributed by atoms with Crippen LogP contribution in [0.2, 0.25) is 0 Å². The van der Waals surface area contributed by atoms with Crippen molar-refractivity contribution in [2.75, 3.05) is 0 Å². The molecule has 0 heterocycles. The van der Waals surface area contributed by atoms with Gasteiger partial charge < -0.3 is 10.2 Å². The number of para-hydroxylation sites is 2. The molecule has 0 aromatic heterocycles. The molecule has 0 amide bonds. The Kier molecular flexibility index (Phi) is 5.21. The van der Waals surface area contributed by atoms with E-state index in [1.165, 1.54) is 12.8 Å². The first-order chi connectivity index (χ1) is 10.7. The average molecular weight is 332 g/mol. The predicted octanol–water partition coefficient (Wildman–Crippen LogP) is 5.29. The predicted molar refractivity (Wildman–Crippen MR) is 94.0 cm³/mol. The zero-order valence-corrected chi connectivity index (χ0v) is 13.9.